The quantitative estimate of drug-likeness (QED) is 0.248. The van der Waals surface area contributed by atoms with Crippen molar-refractivity contribution < 1.29 is 25.5 Å². The lowest BCUT2D eigenvalue weighted by Crippen LogP contribution is -2.49. The van der Waals surface area contributed by atoms with E-state index in [1.54, 1.807) is 0 Å². The van der Waals surface area contributed by atoms with Crippen LogP contribution in [0.25, 0.3) is 0 Å². The van der Waals surface area contributed by atoms with Crippen molar-refractivity contribution in [2.75, 3.05) is 19.7 Å². The van der Waals surface area contributed by atoms with E-state index in [2.05, 4.69) is 6.92 Å². The summed E-state index contributed by atoms with van der Waals surface area (Å²) in [6.45, 7) is 3.45. The molecule has 7 nitrogen and oxygen atoms in total. The second-order valence-corrected chi connectivity index (χ2v) is 7.11. The maximum atomic E-state index is 10.3. The molecular weight excluding hydrogens is 348 g/mol. The van der Waals surface area contributed by atoms with Gasteiger partial charge in [0.2, 0.25) is 0 Å². The first-order chi connectivity index (χ1) is 12.9. The number of nitrogens with two attached hydrogens (primary N) is 1. The average Bonchev–Trinajstić information content (AvgIpc) is 2.69. The highest BCUT2D eigenvalue weighted by atomic mass is 16.4. The van der Waals surface area contributed by atoms with Gasteiger partial charge >= 0.3 is 0 Å². The molecule has 4 atom stereocenters. The summed E-state index contributed by atoms with van der Waals surface area (Å²) >= 11 is 0. The minimum absolute atomic E-state index is 0.154. The lowest BCUT2D eigenvalue weighted by molar-refractivity contribution is -0.119. The van der Waals surface area contributed by atoms with Crippen LogP contribution in [0.3, 0.4) is 0 Å². The fourth-order valence-corrected chi connectivity index (χ4v) is 2.97. The van der Waals surface area contributed by atoms with Crippen LogP contribution in [0.1, 0.15) is 43.7 Å². The number of nitrogens with zero attached hydrogens (tertiary/aromatic N) is 1. The van der Waals surface area contributed by atoms with Gasteiger partial charge in [-0.1, -0.05) is 50.5 Å². The highest BCUT2D eigenvalue weighted by Gasteiger charge is 2.31. The van der Waals surface area contributed by atoms with Crippen molar-refractivity contribution in [3.63, 3.8) is 0 Å². The predicted molar refractivity (Wildman–Crippen MR) is 105 cm³/mol. The molecular formula is C20H36N2O5. The van der Waals surface area contributed by atoms with E-state index >= 15 is 0 Å². The second-order valence-electron chi connectivity index (χ2n) is 7.11. The molecule has 0 aliphatic carbocycles. The molecule has 27 heavy (non-hydrogen) atoms. The Morgan fingerprint density at radius 3 is 2.04 bits per heavy atom. The summed E-state index contributed by atoms with van der Waals surface area (Å²) in [5.74, 6) is 0. The lowest BCUT2D eigenvalue weighted by atomic mass is 10.0. The highest BCUT2D eigenvalue weighted by molar-refractivity contribution is 5.22. The van der Waals surface area contributed by atoms with Crippen LogP contribution in [0.4, 0.5) is 0 Å². The van der Waals surface area contributed by atoms with E-state index < -0.39 is 31.0 Å². The molecule has 0 spiro atoms. The zero-order valence-corrected chi connectivity index (χ0v) is 16.2. The fraction of sp³-hybridized carbons (Fsp3) is 0.700. The summed E-state index contributed by atoms with van der Waals surface area (Å²) in [4.78, 5) is 2.03. The van der Waals surface area contributed by atoms with Gasteiger partial charge in [0.15, 0.2) is 0 Å². The van der Waals surface area contributed by atoms with Crippen LogP contribution < -0.4 is 5.73 Å². The Kier molecular flexibility index (Phi) is 11.7. The Morgan fingerprint density at radius 1 is 0.889 bits per heavy atom. The van der Waals surface area contributed by atoms with Crippen molar-refractivity contribution in [2.24, 2.45) is 5.73 Å². The van der Waals surface area contributed by atoms with Gasteiger partial charge in [-0.3, -0.25) is 4.90 Å². The van der Waals surface area contributed by atoms with E-state index in [1.807, 2.05) is 29.2 Å². The summed E-state index contributed by atoms with van der Waals surface area (Å²) in [5, 5.41) is 48.6. The molecule has 0 amide bonds. The number of hydrogen-bond donors (Lipinski definition) is 6. The Labute approximate surface area is 162 Å². The first-order valence-corrected chi connectivity index (χ1v) is 9.76. The SMILES string of the molecule is CCCCCCN(Cc1ccc(CN)cc1)C[C@H](O)[C@@H](O)[C@H](O)[C@H](O)CO. The zero-order chi connectivity index (χ0) is 20.2. The lowest BCUT2D eigenvalue weighted by Gasteiger charge is -2.30. The Bertz CT molecular complexity index is 500. The fourth-order valence-electron chi connectivity index (χ4n) is 2.97. The first-order valence-electron chi connectivity index (χ1n) is 9.76. The summed E-state index contributed by atoms with van der Waals surface area (Å²) in [6.07, 6.45) is -1.53. The largest absolute Gasteiger partial charge is 0.394 e. The van der Waals surface area contributed by atoms with Crippen molar-refractivity contribution in [3.8, 4) is 0 Å². The summed E-state index contributed by atoms with van der Waals surface area (Å²) in [6, 6.07) is 7.93. The van der Waals surface area contributed by atoms with Crippen LogP contribution in [0.15, 0.2) is 24.3 Å². The topological polar surface area (TPSA) is 130 Å². The summed E-state index contributed by atoms with van der Waals surface area (Å²) in [7, 11) is 0. The van der Waals surface area contributed by atoms with Gasteiger partial charge in [-0.05, 0) is 24.1 Å². The van der Waals surface area contributed by atoms with Crippen molar-refractivity contribution in [2.45, 2.75) is 70.1 Å². The van der Waals surface area contributed by atoms with Crippen LogP contribution >= 0.6 is 0 Å². The molecule has 0 saturated carbocycles. The standard InChI is InChI=1S/C20H36N2O5/c1-2-3-4-5-10-22(12-16-8-6-15(11-21)7-9-16)13-17(24)19(26)20(27)18(25)14-23/h6-9,17-20,23-27H,2-5,10-14,21H2,1H3/t17-,18+,19+,20+/m0/s1. The van der Waals surface area contributed by atoms with Gasteiger partial charge in [0.1, 0.15) is 18.3 Å². The van der Waals surface area contributed by atoms with Crippen LogP contribution in [-0.2, 0) is 13.1 Å². The second kappa shape index (κ2) is 13.2. The minimum Gasteiger partial charge on any atom is -0.394 e. The molecule has 0 saturated heterocycles. The van der Waals surface area contributed by atoms with Crippen molar-refractivity contribution in [1.82, 2.24) is 4.90 Å². The van der Waals surface area contributed by atoms with Crippen molar-refractivity contribution >= 4 is 0 Å². The molecule has 0 heterocycles. The Hall–Kier alpha value is -1.06. The molecule has 0 fully saturated rings. The Morgan fingerprint density at radius 2 is 1.48 bits per heavy atom. The van der Waals surface area contributed by atoms with Crippen LogP contribution in [0.2, 0.25) is 0 Å². The van der Waals surface area contributed by atoms with Gasteiger partial charge in [0, 0.05) is 19.6 Å². The number of hydrogen-bond acceptors (Lipinski definition) is 7. The zero-order valence-electron chi connectivity index (χ0n) is 16.2. The molecule has 1 aromatic rings. The number of benzene rings is 1. The number of unbranched alkanes of at least 4 members (excludes halogenated alkanes) is 3. The first kappa shape index (κ1) is 24.0. The maximum Gasteiger partial charge on any atom is 0.111 e. The number of aliphatic hydroxyl groups is 5. The van der Waals surface area contributed by atoms with Gasteiger partial charge in [0.05, 0.1) is 12.7 Å². The summed E-state index contributed by atoms with van der Waals surface area (Å²) in [5.41, 5.74) is 7.74. The van der Waals surface area contributed by atoms with Crippen molar-refractivity contribution in [1.29, 1.82) is 0 Å². The highest BCUT2D eigenvalue weighted by Crippen LogP contribution is 2.13. The molecule has 0 bridgehead atoms. The molecule has 156 valence electrons. The molecule has 7 heteroatoms. The molecule has 1 aromatic carbocycles. The smallest absolute Gasteiger partial charge is 0.111 e. The summed E-state index contributed by atoms with van der Waals surface area (Å²) < 4.78 is 0. The monoisotopic (exact) mass is 384 g/mol. The number of aliphatic hydroxyl groups excluding tert-OH is 5. The van der Waals surface area contributed by atoms with E-state index in [4.69, 9.17) is 10.8 Å². The molecule has 1 rings (SSSR count). The molecule has 7 N–H and O–H groups in total. The van der Waals surface area contributed by atoms with Crippen LogP contribution in [0.5, 0.6) is 0 Å². The Balaban J connectivity index is 2.71. The van der Waals surface area contributed by atoms with Crippen molar-refractivity contribution in [3.05, 3.63) is 35.4 Å². The third-order valence-corrected chi connectivity index (χ3v) is 4.76. The van der Waals surface area contributed by atoms with E-state index in [1.165, 1.54) is 0 Å². The minimum atomic E-state index is -1.60. The van der Waals surface area contributed by atoms with Gasteiger partial charge in [-0.2, -0.15) is 0 Å². The predicted octanol–water partition coefficient (Wildman–Crippen LogP) is -0.0365. The molecule has 0 unspecified atom stereocenters. The van der Waals surface area contributed by atoms with E-state index in [9.17, 15) is 20.4 Å². The molecule has 0 aliphatic rings. The van der Waals surface area contributed by atoms with E-state index in [0.717, 1.165) is 43.4 Å². The van der Waals surface area contributed by atoms with Gasteiger partial charge in [-0.25, -0.2) is 0 Å². The average molecular weight is 385 g/mol. The van der Waals surface area contributed by atoms with Gasteiger partial charge < -0.3 is 31.3 Å². The third kappa shape index (κ3) is 8.66. The molecule has 0 radical (unpaired) electrons. The number of rotatable bonds is 14. The normalized spacial score (nSPS) is 16.3. The molecule has 0 aromatic heterocycles. The maximum absolute atomic E-state index is 10.3. The van der Waals surface area contributed by atoms with Crippen LogP contribution in [0, 0.1) is 0 Å². The van der Waals surface area contributed by atoms with Crippen LogP contribution in [-0.4, -0.2) is 74.5 Å². The molecule has 0 aliphatic heterocycles. The van der Waals surface area contributed by atoms with Gasteiger partial charge in [-0.15, -0.1) is 0 Å². The van der Waals surface area contributed by atoms with E-state index in [0.29, 0.717) is 13.1 Å². The third-order valence-electron chi connectivity index (χ3n) is 4.76. The van der Waals surface area contributed by atoms with E-state index in [-0.39, 0.29) is 6.54 Å². The van der Waals surface area contributed by atoms with Gasteiger partial charge in [0.25, 0.3) is 0 Å².